The van der Waals surface area contributed by atoms with Crippen LogP contribution in [0.4, 0.5) is 16.2 Å². The molecule has 3 saturated heterocycles. The van der Waals surface area contributed by atoms with Crippen molar-refractivity contribution >= 4 is 41.0 Å². The first-order valence-electron chi connectivity index (χ1n) is 17.3. The van der Waals surface area contributed by atoms with E-state index in [0.717, 1.165) is 60.1 Å². The first-order chi connectivity index (χ1) is 25.0. The topological polar surface area (TPSA) is 109 Å². The van der Waals surface area contributed by atoms with Gasteiger partial charge >= 0.3 is 6.09 Å². The molecule has 4 aliphatic heterocycles. The molecule has 266 valence electrons. The molecule has 2 atom stereocenters. The molecular formula is C38H41N5O6S2. The number of nitrogens with zero attached hydrogens (tertiary/aromatic N) is 4. The molecule has 3 fully saturated rings. The van der Waals surface area contributed by atoms with Gasteiger partial charge in [0.1, 0.15) is 12.4 Å². The van der Waals surface area contributed by atoms with Gasteiger partial charge in [0, 0.05) is 87.9 Å². The smallest absolute Gasteiger partial charge is 0.407 e. The molecule has 2 N–H and O–H groups in total. The highest BCUT2D eigenvalue weighted by atomic mass is 32.2. The standard InChI is InChI=1S/C38H41N5O6S2/c1-46-28-8-5-25(6-9-28)24-49-36-21-27(41-11-15-47-16-12-41)20-30(40-36)29-3-2-4-34-37(29)51-33-10-7-26(19-35(33)50-34)39-31-22-43(38(44)45)23-32(31)42-13-17-48-18-14-42/h2-10,19-21,31-32,39H,11-18,22-24H2,1H3,(H,44,45). The van der Waals surface area contributed by atoms with Crippen LogP contribution in [0.15, 0.2) is 92.4 Å². The van der Waals surface area contributed by atoms with Gasteiger partial charge in [0.25, 0.3) is 0 Å². The Hall–Kier alpha value is -4.14. The van der Waals surface area contributed by atoms with E-state index in [1.807, 2.05) is 30.3 Å². The van der Waals surface area contributed by atoms with Gasteiger partial charge in [0.05, 0.1) is 45.3 Å². The number of aromatic nitrogens is 1. The molecule has 0 aliphatic carbocycles. The normalized spacial score (nSPS) is 20.4. The monoisotopic (exact) mass is 727 g/mol. The Balaban J connectivity index is 1.04. The van der Waals surface area contributed by atoms with Crippen LogP contribution in [0.2, 0.25) is 0 Å². The van der Waals surface area contributed by atoms with Crippen LogP contribution in [0.3, 0.4) is 0 Å². The van der Waals surface area contributed by atoms with Gasteiger partial charge in [0.2, 0.25) is 5.88 Å². The highest BCUT2D eigenvalue weighted by Gasteiger charge is 2.39. The van der Waals surface area contributed by atoms with E-state index >= 15 is 0 Å². The second-order valence-electron chi connectivity index (χ2n) is 12.9. The molecule has 4 aromatic rings. The Kier molecular flexibility index (Phi) is 10.1. The fourth-order valence-electron chi connectivity index (χ4n) is 7.06. The maximum atomic E-state index is 11.9. The number of carbonyl (C=O) groups is 1. The summed E-state index contributed by atoms with van der Waals surface area (Å²) in [5.41, 5.74) is 5.03. The summed E-state index contributed by atoms with van der Waals surface area (Å²) in [6.45, 7) is 7.31. The van der Waals surface area contributed by atoms with Gasteiger partial charge < -0.3 is 39.2 Å². The number of likely N-dealkylation sites (tertiary alicyclic amines) is 1. The molecule has 4 aliphatic rings. The first-order valence-corrected chi connectivity index (χ1v) is 18.9. The van der Waals surface area contributed by atoms with Crippen molar-refractivity contribution in [2.24, 2.45) is 0 Å². The fourth-order valence-corrected chi connectivity index (χ4v) is 9.47. The van der Waals surface area contributed by atoms with E-state index in [9.17, 15) is 9.90 Å². The summed E-state index contributed by atoms with van der Waals surface area (Å²) in [6, 6.07) is 25.1. The van der Waals surface area contributed by atoms with Crippen LogP contribution in [0.1, 0.15) is 5.56 Å². The zero-order valence-electron chi connectivity index (χ0n) is 28.5. The van der Waals surface area contributed by atoms with Gasteiger partial charge in [-0.3, -0.25) is 4.90 Å². The highest BCUT2D eigenvalue weighted by molar-refractivity contribution is 8.05. The summed E-state index contributed by atoms with van der Waals surface area (Å²) in [4.78, 5) is 27.9. The minimum atomic E-state index is -0.872. The van der Waals surface area contributed by atoms with Crippen LogP contribution in [0.5, 0.6) is 11.6 Å². The van der Waals surface area contributed by atoms with Gasteiger partial charge in [0.15, 0.2) is 0 Å². The van der Waals surface area contributed by atoms with Crippen molar-refractivity contribution in [3.63, 3.8) is 0 Å². The maximum Gasteiger partial charge on any atom is 0.407 e. The third-order valence-corrected chi connectivity index (χ3v) is 12.4. The number of fused-ring (bicyclic) bond motifs is 2. The summed E-state index contributed by atoms with van der Waals surface area (Å²) >= 11 is 3.52. The van der Waals surface area contributed by atoms with Gasteiger partial charge in [-0.1, -0.05) is 47.8 Å². The average molecular weight is 728 g/mol. The number of pyridine rings is 1. The van der Waals surface area contributed by atoms with Crippen LogP contribution in [0.25, 0.3) is 11.3 Å². The lowest BCUT2D eigenvalue weighted by molar-refractivity contribution is 0.0172. The zero-order valence-corrected chi connectivity index (χ0v) is 30.1. The van der Waals surface area contributed by atoms with E-state index in [1.54, 1.807) is 30.6 Å². The third kappa shape index (κ3) is 7.58. The van der Waals surface area contributed by atoms with Gasteiger partial charge in [-0.15, -0.1) is 0 Å². The van der Waals surface area contributed by atoms with Crippen molar-refractivity contribution in [3.05, 3.63) is 78.4 Å². The molecule has 0 saturated carbocycles. The quantitative estimate of drug-likeness (QED) is 0.179. The second-order valence-corrected chi connectivity index (χ2v) is 15.1. The summed E-state index contributed by atoms with van der Waals surface area (Å²) in [5.74, 6) is 1.39. The molecule has 8 rings (SSSR count). The first kappa shape index (κ1) is 34.0. The van der Waals surface area contributed by atoms with Gasteiger partial charge in [-0.2, -0.15) is 0 Å². The molecule has 13 heteroatoms. The predicted octanol–water partition coefficient (Wildman–Crippen LogP) is 6.26. The Bertz CT molecular complexity index is 1870. The third-order valence-electron chi connectivity index (χ3n) is 9.77. The van der Waals surface area contributed by atoms with Crippen LogP contribution < -0.4 is 19.7 Å². The summed E-state index contributed by atoms with van der Waals surface area (Å²) in [5, 5.41) is 13.5. The van der Waals surface area contributed by atoms with Crippen LogP contribution in [0, 0.1) is 0 Å². The van der Waals surface area contributed by atoms with Crippen molar-refractivity contribution < 1.29 is 28.8 Å². The van der Waals surface area contributed by atoms with Crippen molar-refractivity contribution in [1.82, 2.24) is 14.8 Å². The number of rotatable bonds is 9. The largest absolute Gasteiger partial charge is 0.497 e. The molecular weight excluding hydrogens is 687 g/mol. The SMILES string of the molecule is COc1ccc(COc2cc(N3CCOCC3)cc(-c3cccc4c3Sc3ccc(NC5CN(C(=O)O)CC5N5CCOCC5)cc3S4)n2)cc1. The van der Waals surface area contributed by atoms with Crippen molar-refractivity contribution in [1.29, 1.82) is 0 Å². The Morgan fingerprint density at radius 3 is 2.45 bits per heavy atom. The van der Waals surface area contributed by atoms with Crippen molar-refractivity contribution in [2.45, 2.75) is 38.3 Å². The predicted molar refractivity (Wildman–Crippen MR) is 198 cm³/mol. The summed E-state index contributed by atoms with van der Waals surface area (Å²) < 4.78 is 22.9. The van der Waals surface area contributed by atoms with E-state index in [2.05, 4.69) is 57.6 Å². The minimum absolute atomic E-state index is 0.0108. The Morgan fingerprint density at radius 2 is 1.69 bits per heavy atom. The number of carboxylic acid groups (broad SMARTS) is 1. The summed E-state index contributed by atoms with van der Waals surface area (Å²) in [7, 11) is 1.66. The summed E-state index contributed by atoms with van der Waals surface area (Å²) in [6.07, 6.45) is -0.872. The molecule has 0 radical (unpaired) electrons. The molecule has 11 nitrogen and oxygen atoms in total. The lowest BCUT2D eigenvalue weighted by Gasteiger charge is -2.35. The molecule has 5 heterocycles. The van der Waals surface area contributed by atoms with Crippen LogP contribution in [-0.2, 0) is 16.1 Å². The molecule has 51 heavy (non-hydrogen) atoms. The highest BCUT2D eigenvalue weighted by Crippen LogP contribution is 2.52. The number of anilines is 2. The second kappa shape index (κ2) is 15.2. The van der Waals surface area contributed by atoms with Crippen molar-refractivity contribution in [2.75, 3.05) is 83.0 Å². The average Bonchev–Trinajstić information content (AvgIpc) is 3.61. The molecule has 2 unspecified atom stereocenters. The maximum absolute atomic E-state index is 11.9. The Morgan fingerprint density at radius 1 is 0.902 bits per heavy atom. The van der Waals surface area contributed by atoms with E-state index in [4.69, 9.17) is 23.9 Å². The molecule has 0 spiro atoms. The molecule has 1 aromatic heterocycles. The fraction of sp³-hybridized carbons (Fsp3) is 0.368. The number of ether oxygens (including phenoxy) is 4. The van der Waals surface area contributed by atoms with E-state index in [0.29, 0.717) is 52.0 Å². The number of amides is 1. The molecule has 3 aromatic carbocycles. The Labute approximate surface area is 306 Å². The lowest BCUT2D eigenvalue weighted by atomic mass is 10.1. The van der Waals surface area contributed by atoms with Crippen LogP contribution in [-0.4, -0.2) is 111 Å². The number of benzene rings is 3. The molecule has 0 bridgehead atoms. The number of hydrogen-bond donors (Lipinski definition) is 2. The number of morpholine rings is 2. The van der Waals surface area contributed by atoms with E-state index < -0.39 is 6.09 Å². The number of hydrogen-bond acceptors (Lipinski definition) is 11. The lowest BCUT2D eigenvalue weighted by Crippen LogP contribution is -2.51. The van der Waals surface area contributed by atoms with E-state index in [-0.39, 0.29) is 12.1 Å². The minimum Gasteiger partial charge on any atom is -0.497 e. The van der Waals surface area contributed by atoms with Crippen LogP contribution >= 0.6 is 23.5 Å². The molecule has 1 amide bonds. The number of nitrogens with one attached hydrogen (secondary N) is 1. The zero-order chi connectivity index (χ0) is 34.7. The van der Waals surface area contributed by atoms with Crippen molar-refractivity contribution in [3.8, 4) is 22.9 Å². The van der Waals surface area contributed by atoms with E-state index in [1.165, 1.54) is 24.5 Å². The number of methoxy groups -OCH3 is 1. The van der Waals surface area contributed by atoms with Gasteiger partial charge in [-0.05, 0) is 48.0 Å². The van der Waals surface area contributed by atoms with Gasteiger partial charge in [-0.25, -0.2) is 9.78 Å².